The van der Waals surface area contributed by atoms with Crippen molar-refractivity contribution in [2.24, 2.45) is 0 Å². The van der Waals surface area contributed by atoms with Crippen LogP contribution in [0.5, 0.6) is 0 Å². The molecule has 0 unspecified atom stereocenters. The molecule has 6 nitrogen and oxygen atoms in total. The van der Waals surface area contributed by atoms with Gasteiger partial charge in [-0.05, 0) is 25.0 Å². The molecular formula is C12H16N4O2S. The van der Waals surface area contributed by atoms with Gasteiger partial charge in [0.25, 0.3) is 0 Å². The molecule has 7 heteroatoms. The van der Waals surface area contributed by atoms with Crippen LogP contribution in [-0.4, -0.2) is 40.6 Å². The Kier molecular flexibility index (Phi) is 3.24. The monoisotopic (exact) mass is 280 g/mol. The zero-order valence-corrected chi connectivity index (χ0v) is 11.3. The SMILES string of the molecule is O=S1(=O)CCC(NCc2nnc3ccccn23)CC1. The van der Waals surface area contributed by atoms with E-state index in [0.717, 1.165) is 11.5 Å². The Morgan fingerprint density at radius 1 is 1.26 bits per heavy atom. The van der Waals surface area contributed by atoms with E-state index >= 15 is 0 Å². The van der Waals surface area contributed by atoms with E-state index in [1.54, 1.807) is 0 Å². The van der Waals surface area contributed by atoms with Gasteiger partial charge in [-0.1, -0.05) is 6.07 Å². The molecule has 0 bridgehead atoms. The second-order valence-electron chi connectivity index (χ2n) is 4.85. The second kappa shape index (κ2) is 4.90. The first-order valence-electron chi connectivity index (χ1n) is 6.36. The maximum atomic E-state index is 11.3. The van der Waals surface area contributed by atoms with Crippen molar-refractivity contribution < 1.29 is 8.42 Å². The molecule has 1 aliphatic heterocycles. The van der Waals surface area contributed by atoms with Crippen LogP contribution >= 0.6 is 0 Å². The maximum Gasteiger partial charge on any atom is 0.160 e. The molecule has 1 saturated heterocycles. The number of rotatable bonds is 3. The van der Waals surface area contributed by atoms with Crippen molar-refractivity contribution in [2.75, 3.05) is 11.5 Å². The van der Waals surface area contributed by atoms with Crippen molar-refractivity contribution in [3.8, 4) is 0 Å². The molecule has 19 heavy (non-hydrogen) atoms. The number of hydrogen-bond acceptors (Lipinski definition) is 5. The average Bonchev–Trinajstić information content (AvgIpc) is 2.81. The van der Waals surface area contributed by atoms with E-state index in [2.05, 4.69) is 15.5 Å². The van der Waals surface area contributed by atoms with E-state index in [4.69, 9.17) is 0 Å². The Bertz CT molecular complexity index is 666. The summed E-state index contributed by atoms with van der Waals surface area (Å²) in [4.78, 5) is 0. The summed E-state index contributed by atoms with van der Waals surface area (Å²) in [6.45, 7) is 0.607. The zero-order chi connectivity index (χ0) is 13.3. The minimum atomic E-state index is -2.80. The molecule has 1 N–H and O–H groups in total. The van der Waals surface area contributed by atoms with Gasteiger partial charge in [-0.25, -0.2) is 8.42 Å². The van der Waals surface area contributed by atoms with Crippen molar-refractivity contribution in [1.29, 1.82) is 0 Å². The van der Waals surface area contributed by atoms with Gasteiger partial charge in [-0.3, -0.25) is 4.40 Å². The number of hydrogen-bond donors (Lipinski definition) is 1. The van der Waals surface area contributed by atoms with E-state index in [-0.39, 0.29) is 17.5 Å². The molecule has 3 rings (SSSR count). The van der Waals surface area contributed by atoms with Gasteiger partial charge in [0, 0.05) is 12.2 Å². The Labute approximate surface area is 111 Å². The number of aromatic nitrogens is 3. The molecule has 3 heterocycles. The maximum absolute atomic E-state index is 11.3. The minimum Gasteiger partial charge on any atom is -0.307 e. The van der Waals surface area contributed by atoms with Gasteiger partial charge < -0.3 is 5.32 Å². The first-order chi connectivity index (χ1) is 9.14. The highest BCUT2D eigenvalue weighted by Crippen LogP contribution is 2.12. The Hall–Kier alpha value is -1.47. The fraction of sp³-hybridized carbons (Fsp3) is 0.500. The zero-order valence-electron chi connectivity index (χ0n) is 10.5. The summed E-state index contributed by atoms with van der Waals surface area (Å²) in [7, 11) is -2.80. The van der Waals surface area contributed by atoms with Gasteiger partial charge in [0.2, 0.25) is 0 Å². The molecule has 2 aromatic rings. The summed E-state index contributed by atoms with van der Waals surface area (Å²) in [5.41, 5.74) is 0.825. The smallest absolute Gasteiger partial charge is 0.160 e. The second-order valence-corrected chi connectivity index (χ2v) is 7.16. The lowest BCUT2D eigenvalue weighted by molar-refractivity contribution is 0.456. The van der Waals surface area contributed by atoms with E-state index in [1.165, 1.54) is 0 Å². The van der Waals surface area contributed by atoms with Crippen LogP contribution in [0.15, 0.2) is 24.4 Å². The van der Waals surface area contributed by atoms with Crippen LogP contribution in [0.3, 0.4) is 0 Å². The molecule has 0 saturated carbocycles. The molecule has 0 amide bonds. The van der Waals surface area contributed by atoms with Gasteiger partial charge in [0.1, 0.15) is 9.84 Å². The Morgan fingerprint density at radius 3 is 2.84 bits per heavy atom. The van der Waals surface area contributed by atoms with Crippen LogP contribution in [0.2, 0.25) is 0 Å². The summed E-state index contributed by atoms with van der Waals surface area (Å²) in [6.07, 6.45) is 3.29. The number of fused-ring (bicyclic) bond motifs is 1. The Morgan fingerprint density at radius 2 is 2.05 bits per heavy atom. The lowest BCUT2D eigenvalue weighted by Gasteiger charge is -2.22. The van der Waals surface area contributed by atoms with E-state index < -0.39 is 9.84 Å². The highest BCUT2D eigenvalue weighted by molar-refractivity contribution is 7.91. The van der Waals surface area contributed by atoms with Crippen LogP contribution in [0.4, 0.5) is 0 Å². The van der Waals surface area contributed by atoms with E-state index in [9.17, 15) is 8.42 Å². The first-order valence-corrected chi connectivity index (χ1v) is 8.19. The summed E-state index contributed by atoms with van der Waals surface area (Å²) in [5, 5.41) is 11.6. The normalized spacial score (nSPS) is 19.8. The molecule has 0 atom stereocenters. The minimum absolute atomic E-state index is 0.250. The molecule has 0 aliphatic carbocycles. The van der Waals surface area contributed by atoms with E-state index in [0.29, 0.717) is 19.4 Å². The number of nitrogens with zero attached hydrogens (tertiary/aromatic N) is 3. The third-order valence-corrected chi connectivity index (χ3v) is 5.20. The highest BCUT2D eigenvalue weighted by atomic mass is 32.2. The van der Waals surface area contributed by atoms with Crippen LogP contribution in [0.1, 0.15) is 18.7 Å². The van der Waals surface area contributed by atoms with Gasteiger partial charge >= 0.3 is 0 Å². The molecule has 1 aliphatic rings. The van der Waals surface area contributed by atoms with E-state index in [1.807, 2.05) is 28.8 Å². The fourth-order valence-electron chi connectivity index (χ4n) is 2.34. The summed E-state index contributed by atoms with van der Waals surface area (Å²) in [5.74, 6) is 1.42. The molecule has 1 fully saturated rings. The van der Waals surface area contributed by atoms with Crippen LogP contribution < -0.4 is 5.32 Å². The number of pyridine rings is 1. The fourth-order valence-corrected chi connectivity index (χ4v) is 3.83. The molecular weight excluding hydrogens is 264 g/mol. The van der Waals surface area contributed by atoms with Crippen molar-refractivity contribution in [3.63, 3.8) is 0 Å². The summed E-state index contributed by atoms with van der Waals surface area (Å²) >= 11 is 0. The van der Waals surface area contributed by atoms with Crippen molar-refractivity contribution in [2.45, 2.75) is 25.4 Å². The van der Waals surface area contributed by atoms with Gasteiger partial charge in [0.05, 0.1) is 18.1 Å². The van der Waals surface area contributed by atoms with Crippen molar-refractivity contribution >= 4 is 15.5 Å². The van der Waals surface area contributed by atoms with Crippen LogP contribution in [0, 0.1) is 0 Å². The highest BCUT2D eigenvalue weighted by Gasteiger charge is 2.23. The summed E-state index contributed by atoms with van der Waals surface area (Å²) < 4.78 is 24.6. The summed E-state index contributed by atoms with van der Waals surface area (Å²) in [6, 6.07) is 6.02. The first kappa shape index (κ1) is 12.6. The quantitative estimate of drug-likeness (QED) is 0.880. The van der Waals surface area contributed by atoms with Crippen LogP contribution in [-0.2, 0) is 16.4 Å². The molecule has 0 radical (unpaired) electrons. The van der Waals surface area contributed by atoms with Crippen LogP contribution in [0.25, 0.3) is 5.65 Å². The third-order valence-electron chi connectivity index (χ3n) is 3.49. The third kappa shape index (κ3) is 2.76. The van der Waals surface area contributed by atoms with Gasteiger partial charge in [-0.15, -0.1) is 10.2 Å². The predicted molar refractivity (Wildman–Crippen MR) is 71.5 cm³/mol. The largest absolute Gasteiger partial charge is 0.307 e. The lowest BCUT2D eigenvalue weighted by atomic mass is 10.1. The van der Waals surface area contributed by atoms with Crippen molar-refractivity contribution in [1.82, 2.24) is 19.9 Å². The van der Waals surface area contributed by atoms with Gasteiger partial charge in [0.15, 0.2) is 11.5 Å². The Balaban J connectivity index is 1.64. The van der Waals surface area contributed by atoms with Crippen molar-refractivity contribution in [3.05, 3.63) is 30.2 Å². The molecule has 0 aromatic carbocycles. The molecule has 0 spiro atoms. The molecule has 102 valence electrons. The van der Waals surface area contributed by atoms with Gasteiger partial charge in [-0.2, -0.15) is 0 Å². The molecule has 2 aromatic heterocycles. The number of nitrogens with one attached hydrogen (secondary N) is 1. The predicted octanol–water partition coefficient (Wildman–Crippen LogP) is 0.396. The standard InChI is InChI=1S/C12H16N4O2S/c17-19(18)7-4-10(5-8-19)13-9-12-15-14-11-3-1-2-6-16(11)12/h1-3,6,10,13H,4-5,7-9H2. The number of sulfone groups is 1. The topological polar surface area (TPSA) is 76.4 Å². The average molecular weight is 280 g/mol. The lowest BCUT2D eigenvalue weighted by Crippen LogP contribution is -2.37.